The Morgan fingerprint density at radius 2 is 1.88 bits per heavy atom. The van der Waals surface area contributed by atoms with Gasteiger partial charge in [-0.15, -0.1) is 5.10 Å². The summed E-state index contributed by atoms with van der Waals surface area (Å²) in [4.78, 5) is 12.3. The molecule has 25 heavy (non-hydrogen) atoms. The summed E-state index contributed by atoms with van der Waals surface area (Å²) in [5.41, 5.74) is 10.3. The largest absolute Gasteiger partial charge is 0.495 e. The Labute approximate surface area is 149 Å². The van der Waals surface area contributed by atoms with Crippen molar-refractivity contribution in [2.24, 2.45) is 0 Å². The van der Waals surface area contributed by atoms with Gasteiger partial charge in [-0.05, 0) is 24.4 Å². The molecule has 128 valence electrons. The number of rotatable bonds is 6. The van der Waals surface area contributed by atoms with Crippen LogP contribution in [0.25, 0.3) is 0 Å². The SMILES string of the molecule is COc1ccccc1Nn1c(N)nn(CC(=O)c2ccccc2)c1=S. The number of ether oxygens (including phenoxy) is 1. The summed E-state index contributed by atoms with van der Waals surface area (Å²) in [6, 6.07) is 16.3. The van der Waals surface area contributed by atoms with Crippen LogP contribution in [0.2, 0.25) is 0 Å². The molecule has 0 saturated carbocycles. The zero-order valence-electron chi connectivity index (χ0n) is 13.5. The molecule has 0 amide bonds. The van der Waals surface area contributed by atoms with E-state index in [0.717, 1.165) is 0 Å². The normalized spacial score (nSPS) is 10.4. The Hall–Kier alpha value is -3.13. The molecule has 0 spiro atoms. The molecule has 0 atom stereocenters. The van der Waals surface area contributed by atoms with Crippen molar-refractivity contribution in [2.75, 3.05) is 18.3 Å². The van der Waals surface area contributed by atoms with Gasteiger partial charge in [0.15, 0.2) is 5.78 Å². The van der Waals surface area contributed by atoms with Gasteiger partial charge in [-0.3, -0.25) is 10.2 Å². The minimum atomic E-state index is -0.0985. The number of hydrogen-bond acceptors (Lipinski definition) is 6. The second-order valence-corrected chi connectivity index (χ2v) is 5.60. The Morgan fingerprint density at radius 3 is 2.60 bits per heavy atom. The molecule has 2 aromatic carbocycles. The van der Waals surface area contributed by atoms with Crippen LogP contribution in [0.15, 0.2) is 54.6 Å². The number of nitrogens with two attached hydrogens (primary N) is 1. The van der Waals surface area contributed by atoms with Crippen LogP contribution in [0, 0.1) is 4.77 Å². The number of nitrogens with zero attached hydrogens (tertiary/aromatic N) is 3. The summed E-state index contributed by atoms with van der Waals surface area (Å²) >= 11 is 5.39. The molecular weight excluding hydrogens is 338 g/mol. The van der Waals surface area contributed by atoms with Gasteiger partial charge < -0.3 is 10.5 Å². The Balaban J connectivity index is 1.86. The Morgan fingerprint density at radius 1 is 1.20 bits per heavy atom. The predicted molar refractivity (Wildman–Crippen MR) is 98.3 cm³/mol. The zero-order valence-corrected chi connectivity index (χ0v) is 14.4. The molecule has 0 radical (unpaired) electrons. The van der Waals surface area contributed by atoms with E-state index in [-0.39, 0.29) is 23.0 Å². The van der Waals surface area contributed by atoms with Crippen molar-refractivity contribution in [3.8, 4) is 5.75 Å². The summed E-state index contributed by atoms with van der Waals surface area (Å²) in [6.07, 6.45) is 0. The smallest absolute Gasteiger partial charge is 0.240 e. The molecule has 0 aliphatic heterocycles. The van der Waals surface area contributed by atoms with Crippen molar-refractivity contribution in [1.29, 1.82) is 0 Å². The van der Waals surface area contributed by atoms with Gasteiger partial charge >= 0.3 is 0 Å². The van der Waals surface area contributed by atoms with Crippen molar-refractivity contribution in [2.45, 2.75) is 6.54 Å². The summed E-state index contributed by atoms with van der Waals surface area (Å²) in [5.74, 6) is 0.687. The highest BCUT2D eigenvalue weighted by molar-refractivity contribution is 7.71. The third-order valence-electron chi connectivity index (χ3n) is 3.59. The highest BCUT2D eigenvalue weighted by atomic mass is 32.1. The van der Waals surface area contributed by atoms with Crippen LogP contribution < -0.4 is 15.9 Å². The molecule has 8 heteroatoms. The maximum absolute atomic E-state index is 12.3. The predicted octanol–water partition coefficient (Wildman–Crippen LogP) is 2.76. The molecule has 0 saturated heterocycles. The zero-order chi connectivity index (χ0) is 17.8. The van der Waals surface area contributed by atoms with Crippen LogP contribution >= 0.6 is 12.2 Å². The maximum Gasteiger partial charge on any atom is 0.240 e. The van der Waals surface area contributed by atoms with E-state index < -0.39 is 0 Å². The molecule has 0 unspecified atom stereocenters. The lowest BCUT2D eigenvalue weighted by atomic mass is 10.1. The van der Waals surface area contributed by atoms with Gasteiger partial charge in [0.2, 0.25) is 10.7 Å². The third-order valence-corrected chi connectivity index (χ3v) is 3.99. The lowest BCUT2D eigenvalue weighted by Crippen LogP contribution is -2.15. The highest BCUT2D eigenvalue weighted by Crippen LogP contribution is 2.23. The number of carbonyl (C=O) groups is 1. The van der Waals surface area contributed by atoms with Crippen LogP contribution in [0.1, 0.15) is 10.4 Å². The fourth-order valence-electron chi connectivity index (χ4n) is 2.34. The van der Waals surface area contributed by atoms with E-state index in [1.54, 1.807) is 19.2 Å². The van der Waals surface area contributed by atoms with Crippen LogP contribution in [-0.4, -0.2) is 27.3 Å². The van der Waals surface area contributed by atoms with Gasteiger partial charge in [-0.2, -0.15) is 4.68 Å². The number of ketones is 1. The molecule has 0 aliphatic rings. The average Bonchev–Trinajstić information content (AvgIpc) is 2.90. The number of Topliss-reactive ketones (excluding diaryl/α,β-unsaturated/α-hetero) is 1. The van der Waals surface area contributed by atoms with E-state index >= 15 is 0 Å². The van der Waals surface area contributed by atoms with E-state index in [2.05, 4.69) is 10.5 Å². The molecule has 0 fully saturated rings. The number of carbonyl (C=O) groups excluding carboxylic acids is 1. The number of hydrogen-bond donors (Lipinski definition) is 2. The van der Waals surface area contributed by atoms with Crippen LogP contribution in [0.5, 0.6) is 5.75 Å². The van der Waals surface area contributed by atoms with Gasteiger partial charge in [-0.25, -0.2) is 4.68 Å². The molecule has 1 heterocycles. The van der Waals surface area contributed by atoms with Gasteiger partial charge in [-0.1, -0.05) is 42.5 Å². The number of para-hydroxylation sites is 2. The van der Waals surface area contributed by atoms with Gasteiger partial charge in [0, 0.05) is 5.56 Å². The van der Waals surface area contributed by atoms with Gasteiger partial charge in [0.1, 0.15) is 12.3 Å². The Kier molecular flexibility index (Phi) is 4.80. The van der Waals surface area contributed by atoms with E-state index in [9.17, 15) is 4.79 Å². The second-order valence-electron chi connectivity index (χ2n) is 5.24. The molecular formula is C17H17N5O2S. The molecule has 3 rings (SSSR count). The van der Waals surface area contributed by atoms with E-state index in [0.29, 0.717) is 17.0 Å². The van der Waals surface area contributed by atoms with Gasteiger partial charge in [0.05, 0.1) is 12.8 Å². The van der Waals surface area contributed by atoms with Crippen LogP contribution in [0.3, 0.4) is 0 Å². The number of nitrogen functional groups attached to an aromatic ring is 1. The first-order chi connectivity index (χ1) is 12.1. The summed E-state index contributed by atoms with van der Waals surface area (Å²) in [6.45, 7) is 0.00759. The number of benzene rings is 2. The number of anilines is 2. The lowest BCUT2D eigenvalue weighted by Gasteiger charge is -2.11. The first-order valence-corrected chi connectivity index (χ1v) is 7.94. The maximum atomic E-state index is 12.3. The standard InChI is InChI=1S/C17H17N5O2S/c1-24-15-10-6-5-9-13(15)19-22-16(18)20-21(17(22)25)11-14(23)12-7-3-2-4-8-12/h2-10,19H,11H2,1H3,(H2,18,20). The van der Waals surface area contributed by atoms with E-state index in [1.807, 2.05) is 42.5 Å². The van der Waals surface area contributed by atoms with Crippen molar-refractivity contribution < 1.29 is 9.53 Å². The first-order valence-electron chi connectivity index (χ1n) is 7.54. The van der Waals surface area contributed by atoms with Crippen molar-refractivity contribution in [3.63, 3.8) is 0 Å². The van der Waals surface area contributed by atoms with Gasteiger partial charge in [0.25, 0.3) is 0 Å². The lowest BCUT2D eigenvalue weighted by molar-refractivity contribution is 0.0967. The fourth-order valence-corrected chi connectivity index (χ4v) is 2.59. The number of aromatic nitrogens is 3. The quantitative estimate of drug-likeness (QED) is 0.522. The molecule has 0 aliphatic carbocycles. The van der Waals surface area contributed by atoms with Crippen molar-refractivity contribution >= 4 is 29.6 Å². The Bertz CT molecular complexity index is 949. The van der Waals surface area contributed by atoms with E-state index in [4.69, 9.17) is 22.7 Å². The molecule has 0 bridgehead atoms. The highest BCUT2D eigenvalue weighted by Gasteiger charge is 2.13. The fraction of sp³-hybridized carbons (Fsp3) is 0.118. The molecule has 3 aromatic rings. The number of methoxy groups -OCH3 is 1. The summed E-state index contributed by atoms with van der Waals surface area (Å²) in [7, 11) is 1.57. The van der Waals surface area contributed by atoms with Crippen LogP contribution in [0.4, 0.5) is 11.6 Å². The topological polar surface area (TPSA) is 87.1 Å². The molecule has 1 aromatic heterocycles. The third kappa shape index (κ3) is 3.53. The summed E-state index contributed by atoms with van der Waals surface area (Å²) in [5, 5.41) is 4.16. The average molecular weight is 355 g/mol. The van der Waals surface area contributed by atoms with Crippen molar-refractivity contribution in [1.82, 2.24) is 14.5 Å². The minimum absolute atomic E-state index is 0.00759. The number of nitrogens with one attached hydrogen (secondary N) is 1. The summed E-state index contributed by atoms with van der Waals surface area (Å²) < 4.78 is 8.41. The monoisotopic (exact) mass is 355 g/mol. The van der Waals surface area contributed by atoms with Crippen LogP contribution in [-0.2, 0) is 6.54 Å². The minimum Gasteiger partial charge on any atom is -0.495 e. The second kappa shape index (κ2) is 7.18. The van der Waals surface area contributed by atoms with E-state index in [1.165, 1.54) is 9.36 Å². The first kappa shape index (κ1) is 16.7. The van der Waals surface area contributed by atoms with Crippen molar-refractivity contribution in [3.05, 3.63) is 64.9 Å². The molecule has 7 nitrogen and oxygen atoms in total. The molecule has 3 N–H and O–H groups in total.